The molecule has 0 fully saturated rings. The first-order chi connectivity index (χ1) is 7.58. The van der Waals surface area contributed by atoms with Crippen molar-refractivity contribution in [1.29, 1.82) is 0 Å². The van der Waals surface area contributed by atoms with Gasteiger partial charge in [-0.15, -0.1) is 0 Å². The Balaban J connectivity index is 2.42. The second-order valence-electron chi connectivity index (χ2n) is 3.44. The van der Waals surface area contributed by atoms with Crippen molar-refractivity contribution in [2.75, 3.05) is 0 Å². The molecule has 0 N–H and O–H groups in total. The summed E-state index contributed by atoms with van der Waals surface area (Å²) < 4.78 is 5.80. The molecule has 0 saturated carbocycles. The van der Waals surface area contributed by atoms with E-state index >= 15 is 0 Å². The molecular formula is C11H9BrN2O2. The Bertz CT molecular complexity index is 549. The molecule has 16 heavy (non-hydrogen) atoms. The van der Waals surface area contributed by atoms with Gasteiger partial charge < -0.3 is 4.52 Å². The summed E-state index contributed by atoms with van der Waals surface area (Å²) in [6, 6.07) is 5.72. The minimum Gasteiger partial charge on any atom is -0.330 e. The smallest absolute Gasteiger partial charge is 0.294 e. The summed E-state index contributed by atoms with van der Waals surface area (Å²) in [6.07, 6.45) is 0. The SMILES string of the molecule is CC(=O)c1nc(-c2ccc(C)c(Br)c2)no1. The number of Topliss-reactive ketones (excluding diaryl/α,β-unsaturated/α-hetero) is 1. The van der Waals surface area contributed by atoms with Crippen LogP contribution in [0.15, 0.2) is 27.2 Å². The average molecular weight is 281 g/mol. The van der Waals surface area contributed by atoms with Crippen molar-refractivity contribution < 1.29 is 9.32 Å². The van der Waals surface area contributed by atoms with Crippen LogP contribution in [0.25, 0.3) is 11.4 Å². The van der Waals surface area contributed by atoms with Crippen LogP contribution in [0.5, 0.6) is 0 Å². The van der Waals surface area contributed by atoms with Gasteiger partial charge in [0.1, 0.15) is 0 Å². The van der Waals surface area contributed by atoms with Crippen LogP contribution in [0.2, 0.25) is 0 Å². The molecule has 0 spiro atoms. The van der Waals surface area contributed by atoms with Gasteiger partial charge in [0.15, 0.2) is 0 Å². The average Bonchev–Trinajstić information content (AvgIpc) is 2.71. The molecule has 0 amide bonds. The fraction of sp³-hybridized carbons (Fsp3) is 0.182. The first-order valence-corrected chi connectivity index (χ1v) is 5.48. The number of halogens is 1. The van der Waals surface area contributed by atoms with E-state index < -0.39 is 0 Å². The van der Waals surface area contributed by atoms with Gasteiger partial charge in [-0.1, -0.05) is 33.2 Å². The molecule has 0 saturated heterocycles. The van der Waals surface area contributed by atoms with E-state index in [0.29, 0.717) is 5.82 Å². The Hall–Kier alpha value is -1.49. The molecule has 4 nitrogen and oxygen atoms in total. The molecular weight excluding hydrogens is 272 g/mol. The lowest BCUT2D eigenvalue weighted by molar-refractivity contribution is 0.0972. The van der Waals surface area contributed by atoms with E-state index in [9.17, 15) is 4.79 Å². The predicted molar refractivity (Wildman–Crippen MR) is 62.2 cm³/mol. The molecule has 1 aromatic heterocycles. The summed E-state index contributed by atoms with van der Waals surface area (Å²) >= 11 is 3.43. The van der Waals surface area contributed by atoms with Gasteiger partial charge in [0.05, 0.1) is 0 Å². The Morgan fingerprint density at radius 1 is 1.44 bits per heavy atom. The van der Waals surface area contributed by atoms with Gasteiger partial charge in [0, 0.05) is 17.0 Å². The normalized spacial score (nSPS) is 10.4. The molecule has 2 aromatic rings. The van der Waals surface area contributed by atoms with Crippen molar-refractivity contribution >= 4 is 21.7 Å². The van der Waals surface area contributed by atoms with Crippen molar-refractivity contribution in [2.45, 2.75) is 13.8 Å². The summed E-state index contributed by atoms with van der Waals surface area (Å²) in [7, 11) is 0. The van der Waals surface area contributed by atoms with Crippen LogP contribution in [0.3, 0.4) is 0 Å². The van der Waals surface area contributed by atoms with E-state index in [4.69, 9.17) is 4.52 Å². The molecule has 0 radical (unpaired) electrons. The van der Waals surface area contributed by atoms with Crippen LogP contribution in [0.4, 0.5) is 0 Å². The number of rotatable bonds is 2. The van der Waals surface area contributed by atoms with Crippen LogP contribution in [0.1, 0.15) is 23.2 Å². The Morgan fingerprint density at radius 3 is 2.75 bits per heavy atom. The fourth-order valence-electron chi connectivity index (χ4n) is 1.22. The minimum absolute atomic E-state index is 0.0340. The zero-order chi connectivity index (χ0) is 11.7. The van der Waals surface area contributed by atoms with E-state index in [1.807, 2.05) is 25.1 Å². The number of aryl methyl sites for hydroxylation is 1. The molecule has 0 bridgehead atoms. The lowest BCUT2D eigenvalue weighted by Gasteiger charge is -1.99. The fourth-order valence-corrected chi connectivity index (χ4v) is 1.59. The second-order valence-corrected chi connectivity index (χ2v) is 4.30. The number of benzene rings is 1. The first-order valence-electron chi connectivity index (χ1n) is 4.69. The Labute approximate surface area is 101 Å². The number of carbonyl (C=O) groups is 1. The van der Waals surface area contributed by atoms with Crippen LogP contribution < -0.4 is 0 Å². The van der Waals surface area contributed by atoms with Gasteiger partial charge in [-0.3, -0.25) is 4.79 Å². The monoisotopic (exact) mass is 280 g/mol. The van der Waals surface area contributed by atoms with Crippen molar-refractivity contribution in [3.63, 3.8) is 0 Å². The van der Waals surface area contributed by atoms with E-state index in [2.05, 4.69) is 26.1 Å². The van der Waals surface area contributed by atoms with Gasteiger partial charge in [-0.25, -0.2) is 0 Å². The lowest BCUT2D eigenvalue weighted by Crippen LogP contribution is -1.91. The topological polar surface area (TPSA) is 56.0 Å². The highest BCUT2D eigenvalue weighted by Crippen LogP contribution is 2.23. The maximum Gasteiger partial charge on any atom is 0.294 e. The summed E-state index contributed by atoms with van der Waals surface area (Å²) in [5.41, 5.74) is 1.94. The molecule has 0 aliphatic rings. The summed E-state index contributed by atoms with van der Waals surface area (Å²) in [5, 5.41) is 3.75. The Kier molecular flexibility index (Phi) is 2.87. The molecule has 2 rings (SSSR count). The minimum atomic E-state index is -0.232. The molecule has 1 aromatic carbocycles. The summed E-state index contributed by atoms with van der Waals surface area (Å²) in [4.78, 5) is 15.0. The van der Waals surface area contributed by atoms with Crippen molar-refractivity contribution in [2.24, 2.45) is 0 Å². The van der Waals surface area contributed by atoms with Crippen molar-refractivity contribution in [1.82, 2.24) is 10.1 Å². The van der Waals surface area contributed by atoms with Gasteiger partial charge in [0.25, 0.3) is 5.89 Å². The van der Waals surface area contributed by atoms with Crippen molar-refractivity contribution in [3.8, 4) is 11.4 Å². The lowest BCUT2D eigenvalue weighted by atomic mass is 10.1. The zero-order valence-electron chi connectivity index (χ0n) is 8.82. The molecule has 5 heteroatoms. The number of nitrogens with zero attached hydrogens (tertiary/aromatic N) is 2. The third-order valence-corrected chi connectivity index (χ3v) is 3.01. The zero-order valence-corrected chi connectivity index (χ0v) is 10.4. The van der Waals surface area contributed by atoms with Crippen LogP contribution in [0, 0.1) is 6.92 Å². The molecule has 0 atom stereocenters. The molecule has 0 aliphatic carbocycles. The third kappa shape index (κ3) is 2.04. The number of hydrogen-bond acceptors (Lipinski definition) is 4. The number of hydrogen-bond donors (Lipinski definition) is 0. The first kappa shape index (κ1) is 11.0. The quantitative estimate of drug-likeness (QED) is 0.794. The largest absolute Gasteiger partial charge is 0.330 e. The predicted octanol–water partition coefficient (Wildman–Crippen LogP) is 3.01. The second kappa shape index (κ2) is 4.17. The van der Waals surface area contributed by atoms with Gasteiger partial charge in [0.2, 0.25) is 11.6 Å². The maximum absolute atomic E-state index is 11.0. The molecule has 0 aliphatic heterocycles. The number of aromatic nitrogens is 2. The maximum atomic E-state index is 11.0. The highest BCUT2D eigenvalue weighted by atomic mass is 79.9. The van der Waals surface area contributed by atoms with E-state index in [0.717, 1.165) is 15.6 Å². The van der Waals surface area contributed by atoms with Crippen LogP contribution >= 0.6 is 15.9 Å². The summed E-state index contributed by atoms with van der Waals surface area (Å²) in [6.45, 7) is 3.38. The molecule has 1 heterocycles. The van der Waals surface area contributed by atoms with E-state index in [-0.39, 0.29) is 11.7 Å². The van der Waals surface area contributed by atoms with E-state index in [1.165, 1.54) is 6.92 Å². The molecule has 82 valence electrons. The number of ketones is 1. The van der Waals surface area contributed by atoms with Gasteiger partial charge in [-0.2, -0.15) is 4.98 Å². The standard InChI is InChI=1S/C11H9BrN2O2/c1-6-3-4-8(5-9(6)12)10-13-11(7(2)15)16-14-10/h3-5H,1-2H3. The van der Waals surface area contributed by atoms with Crippen LogP contribution in [-0.2, 0) is 0 Å². The van der Waals surface area contributed by atoms with Crippen LogP contribution in [-0.4, -0.2) is 15.9 Å². The van der Waals surface area contributed by atoms with Gasteiger partial charge >= 0.3 is 0 Å². The summed E-state index contributed by atoms with van der Waals surface area (Å²) in [5.74, 6) is 0.225. The van der Waals surface area contributed by atoms with E-state index in [1.54, 1.807) is 0 Å². The van der Waals surface area contributed by atoms with Crippen molar-refractivity contribution in [3.05, 3.63) is 34.1 Å². The van der Waals surface area contributed by atoms with Gasteiger partial charge in [-0.05, 0) is 18.6 Å². The number of carbonyl (C=O) groups excluding carboxylic acids is 1. The highest BCUT2D eigenvalue weighted by Gasteiger charge is 2.12. The third-order valence-electron chi connectivity index (χ3n) is 2.16. The Morgan fingerprint density at radius 2 is 2.19 bits per heavy atom. The highest BCUT2D eigenvalue weighted by molar-refractivity contribution is 9.10. The molecule has 0 unspecified atom stereocenters.